The molecule has 2 aromatic rings. The summed E-state index contributed by atoms with van der Waals surface area (Å²) < 4.78 is 12.1. The number of amides is 2. The van der Waals surface area contributed by atoms with Gasteiger partial charge in [0.1, 0.15) is 10.8 Å². The topological polar surface area (TPSA) is 102 Å². The van der Waals surface area contributed by atoms with Crippen LogP contribution in [0.4, 0.5) is 0 Å². The predicted molar refractivity (Wildman–Crippen MR) is 118 cm³/mol. The highest BCUT2D eigenvalue weighted by Crippen LogP contribution is 2.23. The lowest BCUT2D eigenvalue weighted by molar-refractivity contribution is -0.137. The van der Waals surface area contributed by atoms with Gasteiger partial charge in [-0.05, 0) is 26.7 Å². The van der Waals surface area contributed by atoms with Gasteiger partial charge in [0.05, 0.1) is 30.7 Å². The second-order valence-corrected chi connectivity index (χ2v) is 10.5. The Hall–Kier alpha value is -1.98. The van der Waals surface area contributed by atoms with Crippen LogP contribution in [0.3, 0.4) is 0 Å². The lowest BCUT2D eigenvalue weighted by atomic mass is 10.2. The van der Waals surface area contributed by atoms with Gasteiger partial charge >= 0.3 is 0 Å². The summed E-state index contributed by atoms with van der Waals surface area (Å²) in [4.78, 5) is 29.2. The summed E-state index contributed by atoms with van der Waals surface area (Å²) in [7, 11) is 0. The minimum Gasteiger partial charge on any atom is -0.370 e. The molecule has 1 atom stereocenters. The van der Waals surface area contributed by atoms with Crippen molar-refractivity contribution in [3.63, 3.8) is 0 Å². The van der Waals surface area contributed by atoms with E-state index in [2.05, 4.69) is 29.2 Å². The number of aryl methyl sites for hydroxylation is 3. The molecule has 3 rings (SSSR count). The van der Waals surface area contributed by atoms with Crippen LogP contribution in [-0.4, -0.2) is 75.0 Å². The Morgan fingerprint density at radius 1 is 1.29 bits per heavy atom. The minimum atomic E-state index is -0.295. The molecule has 9 nitrogen and oxygen atoms in total. The Balaban J connectivity index is 1.68. The number of thioether (sulfide) groups is 1. The van der Waals surface area contributed by atoms with Crippen molar-refractivity contribution in [3.8, 4) is 0 Å². The van der Waals surface area contributed by atoms with Crippen molar-refractivity contribution < 1.29 is 18.8 Å². The van der Waals surface area contributed by atoms with Crippen molar-refractivity contribution in [2.24, 2.45) is 5.92 Å². The summed E-state index contributed by atoms with van der Waals surface area (Å²) >= 11 is 2.80. The summed E-state index contributed by atoms with van der Waals surface area (Å²) in [6.45, 7) is 11.6. The van der Waals surface area contributed by atoms with Crippen molar-refractivity contribution in [2.45, 2.75) is 51.7 Å². The SMILES string of the molecule is Cc1nnc(SCC(=O)N2CC(=O)N(CC(C)C)CC(OCc3c(C)noc3C)C2)s1. The molecule has 2 amide bonds. The van der Waals surface area contributed by atoms with E-state index in [-0.39, 0.29) is 30.2 Å². The van der Waals surface area contributed by atoms with Gasteiger partial charge in [0.25, 0.3) is 0 Å². The molecule has 170 valence electrons. The van der Waals surface area contributed by atoms with Crippen LogP contribution in [0.1, 0.15) is 35.9 Å². The maximum Gasteiger partial charge on any atom is 0.242 e. The number of ether oxygens (including phenoxy) is 1. The van der Waals surface area contributed by atoms with Crippen molar-refractivity contribution in [2.75, 3.05) is 31.9 Å². The molecule has 0 radical (unpaired) electrons. The number of carbonyl (C=O) groups is 2. The molecule has 0 aromatic carbocycles. The van der Waals surface area contributed by atoms with Crippen molar-refractivity contribution in [3.05, 3.63) is 22.0 Å². The van der Waals surface area contributed by atoms with Crippen LogP contribution in [0.2, 0.25) is 0 Å². The van der Waals surface area contributed by atoms with Gasteiger partial charge in [-0.3, -0.25) is 9.59 Å². The monoisotopic (exact) mass is 467 g/mol. The molecule has 1 saturated heterocycles. The van der Waals surface area contributed by atoms with Crippen molar-refractivity contribution >= 4 is 34.9 Å². The molecule has 1 aliphatic heterocycles. The van der Waals surface area contributed by atoms with Crippen LogP contribution in [0.5, 0.6) is 0 Å². The fourth-order valence-corrected chi connectivity index (χ4v) is 5.07. The number of rotatable bonds is 8. The highest BCUT2D eigenvalue weighted by molar-refractivity contribution is 8.01. The van der Waals surface area contributed by atoms with Crippen molar-refractivity contribution in [1.82, 2.24) is 25.2 Å². The van der Waals surface area contributed by atoms with Gasteiger partial charge in [0.2, 0.25) is 11.8 Å². The third-order valence-corrected chi connectivity index (χ3v) is 6.89. The van der Waals surface area contributed by atoms with Crippen LogP contribution in [-0.2, 0) is 20.9 Å². The molecule has 2 aromatic heterocycles. The lowest BCUT2D eigenvalue weighted by Crippen LogP contribution is -2.41. The summed E-state index contributed by atoms with van der Waals surface area (Å²) in [6.07, 6.45) is -0.295. The first-order chi connectivity index (χ1) is 14.7. The summed E-state index contributed by atoms with van der Waals surface area (Å²) in [5, 5.41) is 12.8. The van der Waals surface area contributed by atoms with Crippen LogP contribution >= 0.6 is 23.1 Å². The second-order valence-electron chi connectivity index (χ2n) is 8.08. The van der Waals surface area contributed by atoms with E-state index in [1.165, 1.54) is 23.1 Å². The molecule has 0 spiro atoms. The van der Waals surface area contributed by atoms with Crippen LogP contribution in [0.25, 0.3) is 0 Å². The maximum absolute atomic E-state index is 12.9. The molecule has 0 bridgehead atoms. The molecular formula is C20H29N5O4S2. The molecule has 0 N–H and O–H groups in total. The van der Waals surface area contributed by atoms with E-state index < -0.39 is 0 Å². The smallest absolute Gasteiger partial charge is 0.242 e. The number of nitrogens with zero attached hydrogens (tertiary/aromatic N) is 5. The fraction of sp³-hybridized carbons (Fsp3) is 0.650. The largest absolute Gasteiger partial charge is 0.370 e. The van der Waals surface area contributed by atoms with E-state index in [0.717, 1.165) is 26.4 Å². The summed E-state index contributed by atoms with van der Waals surface area (Å²) in [5.74, 6) is 1.09. The van der Waals surface area contributed by atoms with Crippen molar-refractivity contribution in [1.29, 1.82) is 0 Å². The molecule has 1 aliphatic rings. The molecule has 31 heavy (non-hydrogen) atoms. The van der Waals surface area contributed by atoms with E-state index in [9.17, 15) is 9.59 Å². The van der Waals surface area contributed by atoms with E-state index in [1.807, 2.05) is 20.8 Å². The van der Waals surface area contributed by atoms with Crippen LogP contribution < -0.4 is 0 Å². The molecule has 0 aliphatic carbocycles. The highest BCUT2D eigenvalue weighted by Gasteiger charge is 2.31. The first kappa shape index (κ1) is 23.7. The number of aromatic nitrogens is 3. The van der Waals surface area contributed by atoms with Gasteiger partial charge < -0.3 is 19.1 Å². The average molecular weight is 468 g/mol. The quantitative estimate of drug-likeness (QED) is 0.546. The van der Waals surface area contributed by atoms with E-state index >= 15 is 0 Å². The molecule has 3 heterocycles. The maximum atomic E-state index is 12.9. The van der Waals surface area contributed by atoms with Gasteiger partial charge in [-0.25, -0.2) is 0 Å². The average Bonchev–Trinajstić information content (AvgIpc) is 3.22. The number of hydrogen-bond donors (Lipinski definition) is 0. The predicted octanol–water partition coefficient (Wildman–Crippen LogP) is 2.46. The molecule has 11 heteroatoms. The third-order valence-electron chi connectivity index (χ3n) is 4.94. The zero-order valence-corrected chi connectivity index (χ0v) is 20.2. The van der Waals surface area contributed by atoms with Crippen LogP contribution in [0, 0.1) is 26.7 Å². The number of carbonyl (C=O) groups excluding carboxylic acids is 2. The zero-order chi connectivity index (χ0) is 22.5. The summed E-state index contributed by atoms with van der Waals surface area (Å²) in [6, 6.07) is 0. The Morgan fingerprint density at radius 2 is 2.06 bits per heavy atom. The van der Waals surface area contributed by atoms with Gasteiger partial charge in [-0.2, -0.15) is 0 Å². The van der Waals surface area contributed by atoms with E-state index in [1.54, 1.807) is 9.80 Å². The normalized spacial score (nSPS) is 17.5. The van der Waals surface area contributed by atoms with E-state index in [0.29, 0.717) is 32.2 Å². The van der Waals surface area contributed by atoms with Gasteiger partial charge in [0, 0.05) is 25.2 Å². The first-order valence-electron chi connectivity index (χ1n) is 10.2. The molecule has 1 fully saturated rings. The Labute approximate surface area is 190 Å². The van der Waals surface area contributed by atoms with E-state index in [4.69, 9.17) is 9.26 Å². The summed E-state index contributed by atoms with van der Waals surface area (Å²) in [5.41, 5.74) is 1.70. The minimum absolute atomic E-state index is 0.0535. The van der Waals surface area contributed by atoms with Gasteiger partial charge in [0.15, 0.2) is 4.34 Å². The zero-order valence-electron chi connectivity index (χ0n) is 18.6. The molecule has 1 unspecified atom stereocenters. The Kier molecular flexibility index (Phi) is 8.06. The number of hydrogen-bond acceptors (Lipinski definition) is 9. The Bertz CT molecular complexity index is 894. The molecular weight excluding hydrogens is 438 g/mol. The third kappa shape index (κ3) is 6.50. The van der Waals surface area contributed by atoms with Gasteiger partial charge in [-0.15, -0.1) is 10.2 Å². The highest BCUT2D eigenvalue weighted by atomic mass is 32.2. The second kappa shape index (κ2) is 10.6. The standard InChI is InChI=1S/C20H29N5O4S2/c1-12(2)6-24-7-16(28-10-17-13(3)23-29-14(17)4)8-25(9-18(24)26)19(27)11-30-20-22-21-15(5)31-20/h12,16H,6-11H2,1-5H3. The van der Waals surface area contributed by atoms with Crippen LogP contribution in [0.15, 0.2) is 8.86 Å². The molecule has 0 saturated carbocycles. The first-order valence-corrected chi connectivity index (χ1v) is 12.0. The Morgan fingerprint density at radius 3 is 2.68 bits per heavy atom. The van der Waals surface area contributed by atoms with Gasteiger partial charge in [-0.1, -0.05) is 42.1 Å². The fourth-order valence-electron chi connectivity index (χ4n) is 3.35. The lowest BCUT2D eigenvalue weighted by Gasteiger charge is -2.26.